The molecule has 11 heteroatoms. The van der Waals surface area contributed by atoms with E-state index >= 15 is 0 Å². The Morgan fingerprint density at radius 3 is 2.63 bits per heavy atom. The van der Waals surface area contributed by atoms with E-state index in [0.29, 0.717) is 21.8 Å². The summed E-state index contributed by atoms with van der Waals surface area (Å²) in [5, 5.41) is 9.80. The first-order valence-electron chi connectivity index (χ1n) is 13.2. The van der Waals surface area contributed by atoms with Crippen LogP contribution in [-0.2, 0) is 17.5 Å². The number of rotatable bonds is 5. The first-order chi connectivity index (χ1) is 19.4. The number of benzene rings is 1. The van der Waals surface area contributed by atoms with Crippen LogP contribution in [0.25, 0.3) is 17.4 Å². The summed E-state index contributed by atoms with van der Waals surface area (Å²) in [7, 11) is 0. The third-order valence-electron chi connectivity index (χ3n) is 9.01. The number of hydrogen-bond donors (Lipinski definition) is 0. The zero-order chi connectivity index (χ0) is 29.2. The molecule has 41 heavy (non-hydrogen) atoms. The van der Waals surface area contributed by atoms with Crippen molar-refractivity contribution in [2.45, 2.75) is 52.8 Å². The summed E-state index contributed by atoms with van der Waals surface area (Å²) in [5.41, 5.74) is 0.441. The van der Waals surface area contributed by atoms with Gasteiger partial charge in [-0.2, -0.15) is 18.3 Å². The molecule has 0 radical (unpaired) electrons. The van der Waals surface area contributed by atoms with E-state index in [9.17, 15) is 18.0 Å². The van der Waals surface area contributed by atoms with Crippen molar-refractivity contribution in [3.05, 3.63) is 75.7 Å². The molecule has 1 amide bonds. The number of furan rings is 2. The minimum absolute atomic E-state index is 0.0330. The standard InChI is InChI=1S/C30H27ClF3N3O3S/c1-28(2)17-10-11-29(28,3)25(14-17)35-36-27-37(16-20-5-4-12-39-20)26(38)24(41-27)15-19-7-9-23(40-19)21-13-18(30(32,33)34)6-8-22(21)31/h4-9,12-13,15,17H,10-11,14,16H2,1-3H3. The first-order valence-corrected chi connectivity index (χ1v) is 14.4. The average Bonchev–Trinajstić information content (AvgIpc) is 3.72. The van der Waals surface area contributed by atoms with Crippen molar-refractivity contribution in [2.75, 3.05) is 0 Å². The second-order valence-electron chi connectivity index (χ2n) is 11.4. The minimum atomic E-state index is -4.52. The van der Waals surface area contributed by atoms with Crippen LogP contribution in [0, 0.1) is 16.7 Å². The Kier molecular flexibility index (Phi) is 6.77. The zero-order valence-electron chi connectivity index (χ0n) is 22.6. The highest BCUT2D eigenvalue weighted by Gasteiger charge is 2.60. The number of hydrogen-bond acceptors (Lipinski definition) is 6. The molecule has 3 heterocycles. The van der Waals surface area contributed by atoms with Gasteiger partial charge in [0.2, 0.25) is 0 Å². The molecular weight excluding hydrogens is 575 g/mol. The van der Waals surface area contributed by atoms with Crippen LogP contribution >= 0.6 is 23.4 Å². The van der Waals surface area contributed by atoms with E-state index in [4.69, 9.17) is 25.5 Å². The van der Waals surface area contributed by atoms with Gasteiger partial charge in [-0.05, 0) is 84.8 Å². The van der Waals surface area contributed by atoms with E-state index in [2.05, 4.69) is 25.9 Å². The van der Waals surface area contributed by atoms with E-state index < -0.39 is 11.7 Å². The zero-order valence-corrected chi connectivity index (χ0v) is 24.2. The van der Waals surface area contributed by atoms with Gasteiger partial charge in [0.15, 0.2) is 5.17 Å². The van der Waals surface area contributed by atoms with Crippen LogP contribution in [0.5, 0.6) is 0 Å². The molecule has 3 fully saturated rings. The highest BCUT2D eigenvalue weighted by molar-refractivity contribution is 8.18. The van der Waals surface area contributed by atoms with Crippen molar-refractivity contribution >= 4 is 46.2 Å². The van der Waals surface area contributed by atoms with Crippen LogP contribution < -0.4 is 0 Å². The fraction of sp³-hybridized carbons (Fsp3) is 0.367. The van der Waals surface area contributed by atoms with Crippen molar-refractivity contribution < 1.29 is 26.8 Å². The molecule has 2 unspecified atom stereocenters. The SMILES string of the molecule is CC12CCC(CC1=NN=C1SC(=Cc3ccc(-c4cc(C(F)(F)F)ccc4Cl)o3)C(=O)N1Cc1ccco1)C2(C)C. The van der Waals surface area contributed by atoms with Crippen LogP contribution in [0.2, 0.25) is 5.02 Å². The Balaban J connectivity index is 1.31. The van der Waals surface area contributed by atoms with Gasteiger partial charge < -0.3 is 8.83 Å². The summed E-state index contributed by atoms with van der Waals surface area (Å²) in [4.78, 5) is 15.3. The summed E-state index contributed by atoms with van der Waals surface area (Å²) in [5.74, 6) is 1.30. The molecule has 214 valence electrons. The lowest BCUT2D eigenvalue weighted by Gasteiger charge is -2.34. The van der Waals surface area contributed by atoms with Gasteiger partial charge in [0, 0.05) is 22.8 Å². The van der Waals surface area contributed by atoms with Crippen LogP contribution in [0.1, 0.15) is 57.1 Å². The molecule has 6 rings (SSSR count). The van der Waals surface area contributed by atoms with E-state index in [1.165, 1.54) is 29.7 Å². The molecule has 2 aromatic heterocycles. The summed E-state index contributed by atoms with van der Waals surface area (Å²) < 4.78 is 51.1. The smallest absolute Gasteiger partial charge is 0.416 e. The van der Waals surface area contributed by atoms with Gasteiger partial charge in [-0.1, -0.05) is 32.4 Å². The number of amides is 1. The maximum absolute atomic E-state index is 13.5. The summed E-state index contributed by atoms with van der Waals surface area (Å²) in [6, 6.07) is 9.68. The average molecular weight is 602 g/mol. The van der Waals surface area contributed by atoms with E-state index in [1.807, 2.05) is 0 Å². The highest BCUT2D eigenvalue weighted by Crippen LogP contribution is 2.64. The van der Waals surface area contributed by atoms with E-state index in [1.54, 1.807) is 24.3 Å². The lowest BCUT2D eigenvalue weighted by Crippen LogP contribution is -2.32. The number of carbonyl (C=O) groups is 1. The topological polar surface area (TPSA) is 71.3 Å². The number of halogens is 4. The molecule has 1 aliphatic heterocycles. The number of alkyl halides is 3. The van der Waals surface area contributed by atoms with E-state index in [0.717, 1.165) is 42.4 Å². The fourth-order valence-corrected chi connectivity index (χ4v) is 7.18. The maximum atomic E-state index is 13.5. The lowest BCUT2D eigenvalue weighted by molar-refractivity contribution is -0.137. The number of fused-ring (bicyclic) bond motifs is 2. The second kappa shape index (κ2) is 9.94. The quantitative estimate of drug-likeness (QED) is 0.216. The third-order valence-corrected chi connectivity index (χ3v) is 10.3. The molecule has 6 nitrogen and oxygen atoms in total. The van der Waals surface area contributed by atoms with Gasteiger partial charge in [0.05, 0.1) is 28.3 Å². The van der Waals surface area contributed by atoms with Crippen molar-refractivity contribution in [3.63, 3.8) is 0 Å². The molecular formula is C30H27ClF3N3O3S. The van der Waals surface area contributed by atoms with Crippen molar-refractivity contribution in [1.29, 1.82) is 0 Å². The van der Waals surface area contributed by atoms with Crippen molar-refractivity contribution in [1.82, 2.24) is 4.90 Å². The molecule has 1 saturated heterocycles. The maximum Gasteiger partial charge on any atom is 0.416 e. The number of nitrogens with zero attached hydrogens (tertiary/aromatic N) is 3. The lowest BCUT2D eigenvalue weighted by atomic mass is 9.70. The minimum Gasteiger partial charge on any atom is -0.467 e. The largest absolute Gasteiger partial charge is 0.467 e. The van der Waals surface area contributed by atoms with Crippen LogP contribution in [-0.4, -0.2) is 21.7 Å². The number of carbonyl (C=O) groups excluding carboxylic acids is 1. The highest BCUT2D eigenvalue weighted by atomic mass is 35.5. The third kappa shape index (κ3) is 4.84. The number of amidine groups is 1. The molecule has 1 aromatic carbocycles. The molecule has 0 N–H and O–H groups in total. The second-order valence-corrected chi connectivity index (χ2v) is 12.8. The first kappa shape index (κ1) is 27.9. The van der Waals surface area contributed by atoms with Gasteiger partial charge in [-0.15, -0.1) is 5.10 Å². The van der Waals surface area contributed by atoms with Crippen molar-refractivity contribution in [2.24, 2.45) is 27.0 Å². The van der Waals surface area contributed by atoms with Gasteiger partial charge in [0.1, 0.15) is 17.3 Å². The Bertz CT molecular complexity index is 1610. The predicted octanol–water partition coefficient (Wildman–Crippen LogP) is 8.89. The molecule has 2 saturated carbocycles. The Morgan fingerprint density at radius 1 is 1.17 bits per heavy atom. The Hall–Kier alpha value is -3.24. The van der Waals surface area contributed by atoms with Crippen LogP contribution in [0.15, 0.2) is 72.7 Å². The Morgan fingerprint density at radius 2 is 1.98 bits per heavy atom. The molecule has 2 bridgehead atoms. The van der Waals surface area contributed by atoms with Crippen molar-refractivity contribution in [3.8, 4) is 11.3 Å². The fourth-order valence-electron chi connectivity index (χ4n) is 6.06. The molecule has 3 aromatic rings. The van der Waals surface area contributed by atoms with Crippen LogP contribution in [0.3, 0.4) is 0 Å². The predicted molar refractivity (Wildman–Crippen MR) is 153 cm³/mol. The normalized spacial score (nSPS) is 26.8. The summed E-state index contributed by atoms with van der Waals surface area (Å²) in [6.07, 6.45) is 1.71. The molecule has 2 atom stereocenters. The monoisotopic (exact) mass is 601 g/mol. The van der Waals surface area contributed by atoms with Gasteiger partial charge in [-0.3, -0.25) is 9.69 Å². The molecule has 2 aliphatic carbocycles. The molecule has 3 aliphatic rings. The van der Waals surface area contributed by atoms with Gasteiger partial charge >= 0.3 is 6.18 Å². The molecule has 0 spiro atoms. The Labute approximate surface area is 244 Å². The van der Waals surface area contributed by atoms with Crippen LogP contribution in [0.4, 0.5) is 13.2 Å². The van der Waals surface area contributed by atoms with Gasteiger partial charge in [-0.25, -0.2) is 0 Å². The summed E-state index contributed by atoms with van der Waals surface area (Å²) in [6.45, 7) is 7.02. The number of thioether (sulfide) groups is 1. The van der Waals surface area contributed by atoms with Gasteiger partial charge in [0.25, 0.3) is 5.91 Å². The van der Waals surface area contributed by atoms with E-state index in [-0.39, 0.29) is 45.4 Å². The summed E-state index contributed by atoms with van der Waals surface area (Å²) >= 11 is 7.35.